The molecule has 0 spiro atoms. The summed E-state index contributed by atoms with van der Waals surface area (Å²) >= 11 is 0. The van der Waals surface area contributed by atoms with E-state index >= 15 is 0 Å². The fourth-order valence-corrected chi connectivity index (χ4v) is 5.24. The van der Waals surface area contributed by atoms with E-state index in [4.69, 9.17) is 4.74 Å². The van der Waals surface area contributed by atoms with Crippen LogP contribution in [0.5, 0.6) is 0 Å². The number of carbonyl (C=O) groups excluding carboxylic acids is 2. The van der Waals surface area contributed by atoms with Gasteiger partial charge in [-0.15, -0.1) is 0 Å². The molecule has 34 heavy (non-hydrogen) atoms. The summed E-state index contributed by atoms with van der Waals surface area (Å²) in [7, 11) is 2.00. The lowest BCUT2D eigenvalue weighted by molar-refractivity contribution is -0.913. The molecule has 0 radical (unpaired) electrons. The highest BCUT2D eigenvalue weighted by molar-refractivity contribution is 5.96. The number of carbonyl (C=O) groups is 2. The minimum absolute atomic E-state index is 0.0458. The average molecular weight is 460 g/mol. The maximum atomic E-state index is 13.4. The zero-order valence-electron chi connectivity index (χ0n) is 19.0. The number of ether oxygens (including phenoxy) is 1. The van der Waals surface area contributed by atoms with Gasteiger partial charge in [0.25, 0.3) is 5.91 Å². The number of aromatic nitrogens is 2. The quantitative estimate of drug-likeness (QED) is 0.434. The molecular weight excluding hydrogens is 432 g/mol. The SMILES string of the molecule is C[N@+]1(CC(=O)Nc2ccncn2)CCCC1COC(=O)C1(O)c2ccccc2-c2ccccc21. The van der Waals surface area contributed by atoms with Crippen molar-refractivity contribution in [2.24, 2.45) is 0 Å². The maximum Gasteiger partial charge on any atom is 0.347 e. The molecule has 1 fully saturated rings. The second-order valence-corrected chi connectivity index (χ2v) is 9.20. The smallest absolute Gasteiger partial charge is 0.347 e. The number of esters is 1. The molecule has 2 aromatic carbocycles. The second-order valence-electron chi connectivity index (χ2n) is 9.20. The van der Waals surface area contributed by atoms with Gasteiger partial charge in [0.15, 0.2) is 6.54 Å². The van der Waals surface area contributed by atoms with Crippen molar-refractivity contribution in [3.63, 3.8) is 0 Å². The number of hydrogen-bond acceptors (Lipinski definition) is 6. The first-order chi connectivity index (χ1) is 16.4. The molecule has 1 aliphatic carbocycles. The molecular formula is C26H27N4O4+. The van der Waals surface area contributed by atoms with E-state index in [0.29, 0.717) is 21.4 Å². The molecule has 1 aliphatic heterocycles. The van der Waals surface area contributed by atoms with Crippen molar-refractivity contribution in [2.75, 3.05) is 32.1 Å². The van der Waals surface area contributed by atoms with Crippen molar-refractivity contribution >= 4 is 17.7 Å². The first-order valence-corrected chi connectivity index (χ1v) is 11.4. The van der Waals surface area contributed by atoms with Crippen LogP contribution in [0.1, 0.15) is 24.0 Å². The third-order valence-corrected chi connectivity index (χ3v) is 7.07. The summed E-state index contributed by atoms with van der Waals surface area (Å²) in [6.07, 6.45) is 4.71. The minimum atomic E-state index is -1.85. The van der Waals surface area contributed by atoms with Crippen molar-refractivity contribution in [3.05, 3.63) is 78.2 Å². The molecule has 5 rings (SSSR count). The van der Waals surface area contributed by atoms with Crippen LogP contribution in [-0.2, 0) is 19.9 Å². The Bertz CT molecular complexity index is 1190. The molecule has 1 aromatic heterocycles. The summed E-state index contributed by atoms with van der Waals surface area (Å²) in [4.78, 5) is 33.9. The van der Waals surface area contributed by atoms with E-state index in [1.165, 1.54) is 6.33 Å². The average Bonchev–Trinajstić information content (AvgIpc) is 3.34. The second kappa shape index (κ2) is 8.62. The van der Waals surface area contributed by atoms with Crippen molar-refractivity contribution < 1.29 is 23.9 Å². The molecule has 8 nitrogen and oxygen atoms in total. The van der Waals surface area contributed by atoms with E-state index in [1.807, 2.05) is 43.4 Å². The number of nitrogens with zero attached hydrogens (tertiary/aromatic N) is 3. The van der Waals surface area contributed by atoms with Gasteiger partial charge in [-0.1, -0.05) is 48.5 Å². The summed E-state index contributed by atoms with van der Waals surface area (Å²) < 4.78 is 6.22. The minimum Gasteiger partial charge on any atom is -0.457 e. The van der Waals surface area contributed by atoms with Crippen molar-refractivity contribution in [3.8, 4) is 11.1 Å². The number of nitrogens with one attached hydrogen (secondary N) is 1. The Morgan fingerprint density at radius 1 is 1.12 bits per heavy atom. The van der Waals surface area contributed by atoms with Gasteiger partial charge in [0, 0.05) is 30.2 Å². The number of aliphatic hydroxyl groups is 1. The monoisotopic (exact) mass is 459 g/mol. The first kappa shape index (κ1) is 22.2. The highest BCUT2D eigenvalue weighted by Crippen LogP contribution is 2.48. The Balaban J connectivity index is 1.30. The Hall–Kier alpha value is -3.62. The normalized spacial score (nSPS) is 22.0. The van der Waals surface area contributed by atoms with Gasteiger partial charge in [-0.05, 0) is 17.2 Å². The zero-order chi connectivity index (χ0) is 23.8. The number of quaternary nitrogens is 1. The number of likely N-dealkylation sites (N-methyl/N-ethyl adjacent to an activating group) is 1. The number of fused-ring (bicyclic) bond motifs is 3. The largest absolute Gasteiger partial charge is 0.457 e. The van der Waals surface area contributed by atoms with Crippen molar-refractivity contribution in [2.45, 2.75) is 24.5 Å². The van der Waals surface area contributed by atoms with E-state index < -0.39 is 11.6 Å². The van der Waals surface area contributed by atoms with Gasteiger partial charge in [0.05, 0.1) is 13.6 Å². The first-order valence-electron chi connectivity index (χ1n) is 11.4. The number of benzene rings is 2. The topological polar surface area (TPSA) is 101 Å². The predicted molar refractivity (Wildman–Crippen MR) is 125 cm³/mol. The number of amides is 1. The number of hydrogen-bond donors (Lipinski definition) is 2. The molecule has 174 valence electrons. The molecule has 1 unspecified atom stereocenters. The maximum absolute atomic E-state index is 13.4. The summed E-state index contributed by atoms with van der Waals surface area (Å²) in [6, 6.07) is 16.3. The molecule has 2 N–H and O–H groups in total. The van der Waals surface area contributed by atoms with Crippen LogP contribution in [-0.4, -0.2) is 64.2 Å². The Kier molecular flexibility index (Phi) is 5.63. The Morgan fingerprint density at radius 3 is 2.44 bits per heavy atom. The van der Waals surface area contributed by atoms with E-state index in [1.54, 1.807) is 24.4 Å². The standard InChI is InChI=1S/C26H26N4O4/c1-30(15-24(31)29-23-12-13-27-17-28-23)14-6-7-18(30)16-34-25(32)26(33)21-10-4-2-8-19(21)20-9-3-5-11-22(20)26/h2-5,8-13,17-18,33H,6-7,14-16H2,1H3/p+1/t18?,30-/m1/s1. The third-order valence-electron chi connectivity index (χ3n) is 7.07. The molecule has 2 aliphatic rings. The van der Waals surface area contributed by atoms with Crippen LogP contribution in [0.2, 0.25) is 0 Å². The van der Waals surface area contributed by atoms with E-state index in [-0.39, 0.29) is 25.1 Å². The van der Waals surface area contributed by atoms with Gasteiger partial charge < -0.3 is 19.6 Å². The van der Waals surface area contributed by atoms with Gasteiger partial charge >= 0.3 is 5.97 Å². The molecule has 2 atom stereocenters. The summed E-state index contributed by atoms with van der Waals surface area (Å²) in [5, 5.41) is 14.4. The Labute approximate surface area is 197 Å². The van der Waals surface area contributed by atoms with E-state index in [0.717, 1.165) is 30.5 Å². The lowest BCUT2D eigenvalue weighted by Gasteiger charge is -2.35. The third kappa shape index (κ3) is 3.74. The van der Waals surface area contributed by atoms with Gasteiger partial charge in [-0.3, -0.25) is 4.79 Å². The van der Waals surface area contributed by atoms with Crippen LogP contribution in [0.25, 0.3) is 11.1 Å². The molecule has 1 saturated heterocycles. The number of likely N-dealkylation sites (tertiary alicyclic amines) is 1. The molecule has 0 saturated carbocycles. The summed E-state index contributed by atoms with van der Waals surface area (Å²) in [5.41, 5.74) is 0.892. The van der Waals surface area contributed by atoms with Crippen LogP contribution in [0.4, 0.5) is 5.82 Å². The Morgan fingerprint density at radius 2 is 1.79 bits per heavy atom. The van der Waals surface area contributed by atoms with Crippen LogP contribution < -0.4 is 5.32 Å². The van der Waals surface area contributed by atoms with E-state index in [9.17, 15) is 14.7 Å². The molecule has 1 amide bonds. The van der Waals surface area contributed by atoms with Crippen LogP contribution in [0.3, 0.4) is 0 Å². The van der Waals surface area contributed by atoms with Gasteiger partial charge in [0.2, 0.25) is 5.60 Å². The number of anilines is 1. The van der Waals surface area contributed by atoms with Crippen LogP contribution >= 0.6 is 0 Å². The van der Waals surface area contributed by atoms with Gasteiger partial charge in [0.1, 0.15) is 24.8 Å². The highest BCUT2D eigenvalue weighted by atomic mass is 16.6. The summed E-state index contributed by atoms with van der Waals surface area (Å²) in [6.45, 7) is 1.17. The van der Waals surface area contributed by atoms with Gasteiger partial charge in [-0.2, -0.15) is 0 Å². The highest BCUT2D eigenvalue weighted by Gasteiger charge is 2.50. The predicted octanol–water partition coefficient (Wildman–Crippen LogP) is 2.48. The van der Waals surface area contributed by atoms with Gasteiger partial charge in [-0.25, -0.2) is 14.8 Å². The van der Waals surface area contributed by atoms with Crippen molar-refractivity contribution in [1.29, 1.82) is 0 Å². The van der Waals surface area contributed by atoms with Crippen LogP contribution in [0.15, 0.2) is 67.1 Å². The molecule has 2 heterocycles. The zero-order valence-corrected chi connectivity index (χ0v) is 19.0. The van der Waals surface area contributed by atoms with E-state index in [2.05, 4.69) is 15.3 Å². The molecule has 0 bridgehead atoms. The fraction of sp³-hybridized carbons (Fsp3) is 0.308. The van der Waals surface area contributed by atoms with Crippen LogP contribution in [0, 0.1) is 0 Å². The lowest BCUT2D eigenvalue weighted by Crippen LogP contribution is -2.54. The van der Waals surface area contributed by atoms with Crippen molar-refractivity contribution in [1.82, 2.24) is 9.97 Å². The fourth-order valence-electron chi connectivity index (χ4n) is 5.24. The number of rotatable bonds is 6. The lowest BCUT2D eigenvalue weighted by atomic mass is 9.91. The molecule has 8 heteroatoms. The summed E-state index contributed by atoms with van der Waals surface area (Å²) in [5.74, 6) is -0.389. The molecule has 3 aromatic rings.